The molecule has 2 bridgehead atoms. The number of amides is 1. The van der Waals surface area contributed by atoms with Crippen molar-refractivity contribution in [3.8, 4) is 0 Å². The zero-order chi connectivity index (χ0) is 16.0. The molecule has 3 fully saturated rings. The Morgan fingerprint density at radius 2 is 2.18 bits per heavy atom. The van der Waals surface area contributed by atoms with Crippen molar-refractivity contribution in [3.63, 3.8) is 0 Å². The minimum atomic E-state index is -1.01. The van der Waals surface area contributed by atoms with Crippen molar-refractivity contribution in [1.29, 1.82) is 0 Å². The predicted molar refractivity (Wildman–Crippen MR) is 78.8 cm³/mol. The number of carboxylic acids is 1. The number of ether oxygens (including phenoxy) is 2. The summed E-state index contributed by atoms with van der Waals surface area (Å²) in [7, 11) is 1.56. The lowest BCUT2D eigenvalue weighted by atomic mass is 9.62. The molecule has 0 spiro atoms. The maximum Gasteiger partial charge on any atom is 0.312 e. The molecule has 1 saturated carbocycles. The third-order valence-corrected chi connectivity index (χ3v) is 4.71. The van der Waals surface area contributed by atoms with Crippen LogP contribution in [0, 0.1) is 5.41 Å². The number of carbonyl (C=O) groups excluding carboxylic acids is 1. The van der Waals surface area contributed by atoms with Gasteiger partial charge in [-0.05, 0) is 23.8 Å². The molecule has 22 heavy (non-hydrogen) atoms. The molecule has 2 aliphatic heterocycles. The number of nitrogens with one attached hydrogen (secondary N) is 1. The van der Waals surface area contributed by atoms with Crippen LogP contribution in [0.5, 0.6) is 0 Å². The van der Waals surface area contributed by atoms with Gasteiger partial charge in [-0.1, -0.05) is 11.6 Å². The van der Waals surface area contributed by atoms with Crippen LogP contribution in [0.25, 0.3) is 0 Å². The number of methoxy groups -OCH3 is 1. The van der Waals surface area contributed by atoms with E-state index in [1.54, 1.807) is 25.3 Å². The fourth-order valence-corrected chi connectivity index (χ4v) is 3.30. The second kappa shape index (κ2) is 5.22. The quantitative estimate of drug-likeness (QED) is 0.865. The first-order valence-corrected chi connectivity index (χ1v) is 7.25. The summed E-state index contributed by atoms with van der Waals surface area (Å²) in [6.07, 6.45) is 0.444. The van der Waals surface area contributed by atoms with Gasteiger partial charge in [-0.25, -0.2) is 0 Å². The van der Waals surface area contributed by atoms with Crippen LogP contribution in [0.15, 0.2) is 18.2 Å². The number of carbonyl (C=O) groups is 2. The summed E-state index contributed by atoms with van der Waals surface area (Å²) in [6, 6.07) is 5.10. The number of hydrogen-bond acceptors (Lipinski definition) is 4. The summed E-state index contributed by atoms with van der Waals surface area (Å²) in [5.74, 6) is -1.21. The van der Waals surface area contributed by atoms with Crippen LogP contribution < -0.4 is 5.32 Å². The lowest BCUT2D eigenvalue weighted by Crippen LogP contribution is -2.55. The average Bonchev–Trinajstić information content (AvgIpc) is 3.00. The molecular formula is C15H16ClNO5. The number of fused-ring (bicyclic) bond motifs is 1. The highest BCUT2D eigenvalue weighted by atomic mass is 35.5. The third-order valence-electron chi connectivity index (χ3n) is 4.34. The molecule has 2 N–H and O–H groups in total. The highest BCUT2D eigenvalue weighted by molar-refractivity contribution is 6.31. The number of halogens is 1. The van der Waals surface area contributed by atoms with E-state index >= 15 is 0 Å². The Balaban J connectivity index is 1.71. The van der Waals surface area contributed by atoms with Crippen LogP contribution >= 0.6 is 11.6 Å². The first-order valence-electron chi connectivity index (χ1n) is 6.87. The first kappa shape index (κ1) is 15.3. The summed E-state index contributed by atoms with van der Waals surface area (Å²) >= 11 is 6.04. The molecule has 1 amide bonds. The Morgan fingerprint density at radius 1 is 1.45 bits per heavy atom. The van der Waals surface area contributed by atoms with Gasteiger partial charge in [0.1, 0.15) is 5.60 Å². The van der Waals surface area contributed by atoms with Gasteiger partial charge in [-0.3, -0.25) is 9.59 Å². The summed E-state index contributed by atoms with van der Waals surface area (Å²) < 4.78 is 10.5. The van der Waals surface area contributed by atoms with Gasteiger partial charge in [0, 0.05) is 30.7 Å². The number of anilines is 1. The lowest BCUT2D eigenvalue weighted by Gasteiger charge is -2.40. The first-order chi connectivity index (χ1) is 10.4. The van der Waals surface area contributed by atoms with Crippen molar-refractivity contribution in [2.75, 3.05) is 19.0 Å². The van der Waals surface area contributed by atoms with Gasteiger partial charge in [0.05, 0.1) is 18.6 Å². The monoisotopic (exact) mass is 325 g/mol. The van der Waals surface area contributed by atoms with Gasteiger partial charge in [-0.2, -0.15) is 0 Å². The van der Waals surface area contributed by atoms with E-state index < -0.39 is 17.0 Å². The zero-order valence-corrected chi connectivity index (χ0v) is 12.8. The van der Waals surface area contributed by atoms with E-state index in [9.17, 15) is 14.7 Å². The molecule has 7 heteroatoms. The summed E-state index contributed by atoms with van der Waals surface area (Å²) in [4.78, 5) is 23.6. The van der Waals surface area contributed by atoms with Crippen molar-refractivity contribution in [3.05, 3.63) is 28.8 Å². The molecule has 1 aromatic carbocycles. The van der Waals surface area contributed by atoms with E-state index in [2.05, 4.69) is 5.32 Å². The van der Waals surface area contributed by atoms with Crippen LogP contribution in [0.1, 0.15) is 18.4 Å². The smallest absolute Gasteiger partial charge is 0.312 e. The minimum Gasteiger partial charge on any atom is -0.481 e. The van der Waals surface area contributed by atoms with E-state index in [4.69, 9.17) is 21.1 Å². The van der Waals surface area contributed by atoms with Crippen LogP contribution in [0.2, 0.25) is 5.02 Å². The largest absolute Gasteiger partial charge is 0.481 e. The van der Waals surface area contributed by atoms with E-state index in [-0.39, 0.29) is 25.4 Å². The molecule has 1 aliphatic carbocycles. The SMILES string of the molecule is COCc1cc(NC(=O)C23CC(C(=O)O)(CO2)C3)ccc1Cl. The molecule has 6 nitrogen and oxygen atoms in total. The van der Waals surface area contributed by atoms with Gasteiger partial charge < -0.3 is 19.9 Å². The number of rotatable bonds is 5. The summed E-state index contributed by atoms with van der Waals surface area (Å²) in [6.45, 7) is 0.428. The van der Waals surface area contributed by atoms with E-state index in [0.29, 0.717) is 17.3 Å². The van der Waals surface area contributed by atoms with Crippen LogP contribution in [-0.2, 0) is 25.7 Å². The van der Waals surface area contributed by atoms with Gasteiger partial charge in [0.25, 0.3) is 5.91 Å². The highest BCUT2D eigenvalue weighted by Crippen LogP contribution is 2.58. The summed E-state index contributed by atoms with van der Waals surface area (Å²) in [5, 5.41) is 12.5. The molecule has 118 valence electrons. The average molecular weight is 326 g/mol. The van der Waals surface area contributed by atoms with Gasteiger partial charge in [-0.15, -0.1) is 0 Å². The Bertz CT molecular complexity index is 639. The molecule has 4 rings (SSSR count). The van der Waals surface area contributed by atoms with E-state index in [1.165, 1.54) is 0 Å². The molecule has 2 heterocycles. The van der Waals surface area contributed by atoms with Gasteiger partial charge in [0.15, 0.2) is 0 Å². The molecule has 1 aromatic rings. The Labute approximate surface area is 132 Å². The summed E-state index contributed by atoms with van der Waals surface area (Å²) in [5.41, 5.74) is -0.558. The second-order valence-electron chi connectivity index (χ2n) is 5.92. The van der Waals surface area contributed by atoms with Crippen molar-refractivity contribution < 1.29 is 24.2 Å². The maximum atomic E-state index is 12.4. The fraction of sp³-hybridized carbons (Fsp3) is 0.467. The molecule has 0 radical (unpaired) electrons. The van der Waals surface area contributed by atoms with Gasteiger partial charge in [0.2, 0.25) is 0 Å². The molecule has 2 saturated heterocycles. The Morgan fingerprint density at radius 3 is 2.77 bits per heavy atom. The molecule has 0 unspecified atom stereocenters. The number of carboxylic acid groups (broad SMARTS) is 1. The van der Waals surface area contributed by atoms with Crippen LogP contribution in [0.4, 0.5) is 5.69 Å². The van der Waals surface area contributed by atoms with Crippen LogP contribution in [0.3, 0.4) is 0 Å². The Kier molecular flexibility index (Phi) is 3.63. The molecule has 3 aliphatic rings. The molecule has 0 atom stereocenters. The second-order valence-corrected chi connectivity index (χ2v) is 6.32. The fourth-order valence-electron chi connectivity index (χ4n) is 3.12. The Hall–Kier alpha value is -1.63. The zero-order valence-electron chi connectivity index (χ0n) is 12.0. The number of benzene rings is 1. The normalized spacial score (nSPS) is 29.0. The van der Waals surface area contributed by atoms with Crippen molar-refractivity contribution >= 4 is 29.2 Å². The highest BCUT2D eigenvalue weighted by Gasteiger charge is 2.70. The molecular weight excluding hydrogens is 310 g/mol. The van der Waals surface area contributed by atoms with Crippen LogP contribution in [-0.4, -0.2) is 36.3 Å². The van der Waals surface area contributed by atoms with Crippen molar-refractivity contribution in [2.45, 2.75) is 25.0 Å². The van der Waals surface area contributed by atoms with E-state index in [1.807, 2.05) is 0 Å². The van der Waals surface area contributed by atoms with Crippen molar-refractivity contribution in [2.24, 2.45) is 5.41 Å². The minimum absolute atomic E-state index is 0.0886. The number of hydrogen-bond donors (Lipinski definition) is 2. The van der Waals surface area contributed by atoms with Gasteiger partial charge >= 0.3 is 5.97 Å². The lowest BCUT2D eigenvalue weighted by molar-refractivity contribution is -0.156. The number of aliphatic carboxylic acids is 1. The molecule has 0 aromatic heterocycles. The maximum absolute atomic E-state index is 12.4. The third kappa shape index (κ3) is 2.27. The topological polar surface area (TPSA) is 84.9 Å². The van der Waals surface area contributed by atoms with Crippen molar-refractivity contribution in [1.82, 2.24) is 0 Å². The van der Waals surface area contributed by atoms with E-state index in [0.717, 1.165) is 5.56 Å². The standard InChI is InChI=1S/C15H16ClNO5/c1-21-5-9-4-10(2-3-11(9)16)17-12(18)15-6-14(7-15,8-22-15)13(19)20/h2-4H,5-8H2,1H3,(H,17,18)(H,19,20). The predicted octanol–water partition coefficient (Wildman–Crippen LogP) is 2.06.